The molecule has 1 aliphatic heterocycles. The van der Waals surface area contributed by atoms with E-state index in [-0.39, 0.29) is 0 Å². The van der Waals surface area contributed by atoms with Crippen LogP contribution in [0.1, 0.15) is 30.9 Å². The molecule has 0 radical (unpaired) electrons. The summed E-state index contributed by atoms with van der Waals surface area (Å²) in [7, 11) is 2.13. The Balaban J connectivity index is 2.04. The van der Waals surface area contributed by atoms with Crippen molar-refractivity contribution in [2.24, 2.45) is 0 Å². The van der Waals surface area contributed by atoms with Gasteiger partial charge in [-0.15, -0.1) is 0 Å². The largest absolute Gasteiger partial charge is 0.353 e. The zero-order valence-electron chi connectivity index (χ0n) is 13.5. The van der Waals surface area contributed by atoms with E-state index in [0.29, 0.717) is 11.5 Å². The summed E-state index contributed by atoms with van der Waals surface area (Å²) in [5.74, 6) is 1.31. The van der Waals surface area contributed by atoms with Gasteiger partial charge in [0.25, 0.3) is 0 Å². The number of nitrogens with zero attached hydrogens (tertiary/aromatic N) is 4. The van der Waals surface area contributed by atoms with Crippen LogP contribution in [0.2, 0.25) is 0 Å². The maximum atomic E-state index is 9.51. The Morgan fingerprint density at radius 3 is 2.50 bits per heavy atom. The Labute approximate surface area is 132 Å². The van der Waals surface area contributed by atoms with Gasteiger partial charge in [-0.3, -0.25) is 0 Å². The lowest BCUT2D eigenvalue weighted by molar-refractivity contribution is 0.312. The summed E-state index contributed by atoms with van der Waals surface area (Å²) >= 11 is 0. The van der Waals surface area contributed by atoms with Crippen LogP contribution in [0, 0.1) is 11.3 Å². The average Bonchev–Trinajstić information content (AvgIpc) is 2.53. The zero-order chi connectivity index (χ0) is 15.7. The molecule has 1 aromatic carbocycles. The van der Waals surface area contributed by atoms with E-state index in [2.05, 4.69) is 55.0 Å². The molecule has 0 unspecified atom stereocenters. The Hall–Kier alpha value is -2.12. The highest BCUT2D eigenvalue weighted by molar-refractivity contribution is 5.84. The molecule has 4 nitrogen and oxygen atoms in total. The van der Waals surface area contributed by atoms with Gasteiger partial charge >= 0.3 is 0 Å². The number of pyridine rings is 1. The molecule has 0 amide bonds. The molecule has 1 saturated heterocycles. The molecular formula is C18H22N4. The quantitative estimate of drug-likeness (QED) is 0.854. The van der Waals surface area contributed by atoms with Crippen molar-refractivity contribution in [2.45, 2.75) is 19.8 Å². The van der Waals surface area contributed by atoms with Gasteiger partial charge in [0.1, 0.15) is 11.9 Å². The summed E-state index contributed by atoms with van der Waals surface area (Å²) in [6.07, 6.45) is 0. The SMILES string of the molecule is CC(C)c1ccc2nc(N3CCN(C)CC3)c(C#N)cc2c1. The normalized spacial score (nSPS) is 16.2. The van der Waals surface area contributed by atoms with Crippen LogP contribution in [-0.4, -0.2) is 43.1 Å². The van der Waals surface area contributed by atoms with Crippen LogP contribution in [0.3, 0.4) is 0 Å². The molecule has 1 aromatic heterocycles. The molecule has 2 aromatic rings. The van der Waals surface area contributed by atoms with Crippen molar-refractivity contribution < 1.29 is 0 Å². The third kappa shape index (κ3) is 2.77. The molecular weight excluding hydrogens is 272 g/mol. The molecule has 1 fully saturated rings. The molecule has 1 aliphatic rings. The fourth-order valence-corrected chi connectivity index (χ4v) is 2.89. The van der Waals surface area contributed by atoms with Crippen LogP contribution in [0.5, 0.6) is 0 Å². The van der Waals surface area contributed by atoms with Crippen molar-refractivity contribution in [1.29, 1.82) is 5.26 Å². The van der Waals surface area contributed by atoms with Gasteiger partial charge < -0.3 is 9.80 Å². The van der Waals surface area contributed by atoms with Crippen molar-refractivity contribution in [3.63, 3.8) is 0 Å². The molecule has 0 N–H and O–H groups in total. The number of hydrogen-bond donors (Lipinski definition) is 0. The summed E-state index contributed by atoms with van der Waals surface area (Å²) in [5.41, 5.74) is 2.93. The summed E-state index contributed by atoms with van der Waals surface area (Å²) in [6.45, 7) is 8.23. The maximum absolute atomic E-state index is 9.51. The maximum Gasteiger partial charge on any atom is 0.147 e. The zero-order valence-corrected chi connectivity index (χ0v) is 13.5. The van der Waals surface area contributed by atoms with Crippen molar-refractivity contribution in [1.82, 2.24) is 9.88 Å². The van der Waals surface area contributed by atoms with Gasteiger partial charge in [-0.05, 0) is 36.7 Å². The number of fused-ring (bicyclic) bond motifs is 1. The number of anilines is 1. The lowest BCUT2D eigenvalue weighted by Crippen LogP contribution is -2.45. The van der Waals surface area contributed by atoms with Crippen molar-refractivity contribution in [2.75, 3.05) is 38.1 Å². The van der Waals surface area contributed by atoms with E-state index in [4.69, 9.17) is 4.98 Å². The fraction of sp³-hybridized carbons (Fsp3) is 0.444. The second-order valence-corrected chi connectivity index (χ2v) is 6.37. The Morgan fingerprint density at radius 2 is 1.86 bits per heavy atom. The molecule has 0 spiro atoms. The number of rotatable bonds is 2. The van der Waals surface area contributed by atoms with Crippen LogP contribution in [0.25, 0.3) is 10.9 Å². The van der Waals surface area contributed by atoms with Gasteiger partial charge in [0.05, 0.1) is 11.1 Å². The standard InChI is InChI=1S/C18H22N4/c1-13(2)14-4-5-17-15(10-14)11-16(12-19)18(20-17)22-8-6-21(3)7-9-22/h4-5,10-11,13H,6-9H2,1-3H3. The first-order valence-electron chi connectivity index (χ1n) is 7.87. The molecule has 0 bridgehead atoms. The topological polar surface area (TPSA) is 43.2 Å². The van der Waals surface area contributed by atoms with Gasteiger partial charge in [0.2, 0.25) is 0 Å². The highest BCUT2D eigenvalue weighted by Gasteiger charge is 2.19. The minimum Gasteiger partial charge on any atom is -0.353 e. The van der Waals surface area contributed by atoms with Gasteiger partial charge in [-0.25, -0.2) is 4.98 Å². The molecule has 0 saturated carbocycles. The number of hydrogen-bond acceptors (Lipinski definition) is 4. The third-order valence-electron chi connectivity index (χ3n) is 4.41. The molecule has 0 aliphatic carbocycles. The summed E-state index contributed by atoms with van der Waals surface area (Å²) in [6, 6.07) is 10.7. The number of benzene rings is 1. The molecule has 0 atom stereocenters. The van der Waals surface area contributed by atoms with Crippen LogP contribution < -0.4 is 4.90 Å². The van der Waals surface area contributed by atoms with Gasteiger partial charge in [-0.1, -0.05) is 19.9 Å². The third-order valence-corrected chi connectivity index (χ3v) is 4.41. The monoisotopic (exact) mass is 294 g/mol. The van der Waals surface area contributed by atoms with E-state index in [1.54, 1.807) is 0 Å². The van der Waals surface area contributed by atoms with Gasteiger partial charge in [0.15, 0.2) is 0 Å². The number of likely N-dealkylation sites (N-methyl/N-ethyl adjacent to an activating group) is 1. The predicted molar refractivity (Wildman–Crippen MR) is 90.3 cm³/mol. The molecule has 4 heteroatoms. The van der Waals surface area contributed by atoms with E-state index in [0.717, 1.165) is 42.9 Å². The van der Waals surface area contributed by atoms with E-state index >= 15 is 0 Å². The Bertz CT molecular complexity index is 722. The van der Waals surface area contributed by atoms with Gasteiger partial charge in [-0.2, -0.15) is 5.26 Å². The van der Waals surface area contributed by atoms with E-state index < -0.39 is 0 Å². The first kappa shape index (κ1) is 14.8. The van der Waals surface area contributed by atoms with Gasteiger partial charge in [0, 0.05) is 31.6 Å². The Morgan fingerprint density at radius 1 is 1.14 bits per heavy atom. The second-order valence-electron chi connectivity index (χ2n) is 6.37. The summed E-state index contributed by atoms with van der Waals surface area (Å²) in [4.78, 5) is 9.31. The Kier molecular flexibility index (Phi) is 4.00. The highest BCUT2D eigenvalue weighted by Crippen LogP contribution is 2.26. The van der Waals surface area contributed by atoms with Crippen LogP contribution in [0.4, 0.5) is 5.82 Å². The lowest BCUT2D eigenvalue weighted by atomic mass is 10.0. The van der Waals surface area contributed by atoms with Crippen molar-refractivity contribution in [3.05, 3.63) is 35.4 Å². The van der Waals surface area contributed by atoms with Crippen molar-refractivity contribution in [3.8, 4) is 6.07 Å². The predicted octanol–water partition coefficient (Wildman–Crippen LogP) is 2.98. The first-order valence-corrected chi connectivity index (χ1v) is 7.87. The first-order chi connectivity index (χ1) is 10.6. The highest BCUT2D eigenvalue weighted by atomic mass is 15.3. The van der Waals surface area contributed by atoms with Crippen LogP contribution >= 0.6 is 0 Å². The summed E-state index contributed by atoms with van der Waals surface area (Å²) in [5, 5.41) is 10.6. The molecule has 2 heterocycles. The minimum absolute atomic E-state index is 0.479. The van der Waals surface area contributed by atoms with Crippen LogP contribution in [0.15, 0.2) is 24.3 Å². The van der Waals surface area contributed by atoms with E-state index in [9.17, 15) is 5.26 Å². The summed E-state index contributed by atoms with van der Waals surface area (Å²) < 4.78 is 0. The molecule has 3 rings (SSSR count). The number of nitriles is 1. The molecule has 114 valence electrons. The molecule has 22 heavy (non-hydrogen) atoms. The smallest absolute Gasteiger partial charge is 0.147 e. The van der Waals surface area contributed by atoms with E-state index in [1.165, 1.54) is 5.56 Å². The van der Waals surface area contributed by atoms with E-state index in [1.807, 2.05) is 6.07 Å². The van der Waals surface area contributed by atoms with Crippen molar-refractivity contribution >= 4 is 16.7 Å². The lowest BCUT2D eigenvalue weighted by Gasteiger charge is -2.33. The fourth-order valence-electron chi connectivity index (χ4n) is 2.89. The number of piperazine rings is 1. The minimum atomic E-state index is 0.479. The van der Waals surface area contributed by atoms with Crippen LogP contribution in [-0.2, 0) is 0 Å². The second kappa shape index (κ2) is 5.94. The number of aromatic nitrogens is 1. The average molecular weight is 294 g/mol.